The smallest absolute Gasteiger partial charge is 0.343 e. The van der Waals surface area contributed by atoms with Gasteiger partial charge in [0, 0.05) is 113 Å². The summed E-state index contributed by atoms with van der Waals surface area (Å²) in [6, 6.07) is 19.7. The van der Waals surface area contributed by atoms with Crippen LogP contribution < -0.4 is 48.8 Å². The van der Waals surface area contributed by atoms with Crippen LogP contribution in [0.1, 0.15) is 98.4 Å². The third-order valence-electron chi connectivity index (χ3n) is 19.4. The van der Waals surface area contributed by atoms with Gasteiger partial charge in [-0.05, 0) is 130 Å². The normalized spacial score (nSPS) is 15.5. The lowest BCUT2D eigenvalue weighted by atomic mass is 9.86. The Morgan fingerprint density at radius 3 is 1.98 bits per heavy atom. The number of fused-ring (bicyclic) bond motifs is 8. The molecule has 0 bridgehead atoms. The summed E-state index contributed by atoms with van der Waals surface area (Å²) in [6.07, 6.45) is 2.04. The number of anilines is 5. The van der Waals surface area contributed by atoms with E-state index in [4.69, 9.17) is 61.2 Å². The van der Waals surface area contributed by atoms with Gasteiger partial charge in [-0.25, -0.2) is 58.3 Å². The number of ether oxygens (including phenoxy) is 1. The summed E-state index contributed by atoms with van der Waals surface area (Å²) in [6.45, 7) is 11.2. The number of aromatic amines is 3. The number of aryl methyl sites for hydroxylation is 1. The number of aromatic nitrogens is 12. The van der Waals surface area contributed by atoms with Crippen LogP contribution in [0, 0.1) is 11.6 Å². The van der Waals surface area contributed by atoms with Gasteiger partial charge in [0.2, 0.25) is 11.9 Å². The number of cyclic esters (lactones) is 1. The number of imidazole rings is 1. The number of rotatable bonds is 24. The Hall–Kier alpha value is -12.4. The molecular formula is C75H84N23O16PS3. The van der Waals surface area contributed by atoms with E-state index in [0.29, 0.717) is 108 Å². The van der Waals surface area contributed by atoms with Crippen molar-refractivity contribution in [2.75, 3.05) is 94.5 Å². The summed E-state index contributed by atoms with van der Waals surface area (Å²) in [7, 11) is 7.51. The summed E-state index contributed by atoms with van der Waals surface area (Å²) < 4.78 is 14.6. The number of hydrogen-bond acceptors (Lipinski definition) is 29. The number of nitrogens with one attached hydrogen (secondary N) is 5. The van der Waals surface area contributed by atoms with Crippen LogP contribution in [0.15, 0.2) is 101 Å². The van der Waals surface area contributed by atoms with Crippen molar-refractivity contribution in [2.24, 2.45) is 0 Å². The predicted molar refractivity (Wildman–Crippen MR) is 444 cm³/mol. The van der Waals surface area contributed by atoms with Crippen LogP contribution in [0.25, 0.3) is 55.5 Å². The van der Waals surface area contributed by atoms with E-state index in [1.54, 1.807) is 79.2 Å². The molecule has 16 rings (SSSR count). The summed E-state index contributed by atoms with van der Waals surface area (Å²) in [5.41, 5.74) is 23.7. The van der Waals surface area contributed by atoms with Crippen LogP contribution in [0.2, 0.25) is 0 Å². The molecule has 5 aliphatic heterocycles. The molecule has 618 valence electrons. The van der Waals surface area contributed by atoms with Crippen molar-refractivity contribution in [3.63, 3.8) is 0 Å². The number of aliphatic carboxylic acids is 4. The number of hydrogen-bond donors (Lipinski definition) is 14. The Bertz CT molecular complexity index is 5980. The molecular weight excluding hydrogens is 1610 g/mol. The maximum Gasteiger partial charge on any atom is 0.343 e. The van der Waals surface area contributed by atoms with Gasteiger partial charge in [-0.2, -0.15) is 9.97 Å². The Morgan fingerprint density at radius 1 is 0.729 bits per heavy atom. The zero-order valence-electron chi connectivity index (χ0n) is 64.5. The Balaban J connectivity index is 0.000000143. The highest BCUT2D eigenvalue weighted by molar-refractivity contribution is 8.11. The number of amides is 2. The number of nitrogens with two attached hydrogens (primary N) is 3. The van der Waals surface area contributed by atoms with Gasteiger partial charge in [0.1, 0.15) is 42.3 Å². The number of carbonyl (C=O) groups excluding carboxylic acids is 3. The molecule has 3 aromatic carbocycles. The summed E-state index contributed by atoms with van der Waals surface area (Å²) in [4.78, 5) is 154. The third kappa shape index (κ3) is 19.5. The first-order valence-corrected chi connectivity index (χ1v) is 40.7. The van der Waals surface area contributed by atoms with Gasteiger partial charge in [0.25, 0.3) is 22.9 Å². The molecule has 0 aliphatic carbocycles. The van der Waals surface area contributed by atoms with Crippen molar-refractivity contribution < 1.29 is 68.9 Å². The lowest BCUT2D eigenvalue weighted by molar-refractivity contribution is -0.172. The highest BCUT2D eigenvalue weighted by Gasteiger charge is 2.51. The molecule has 118 heavy (non-hydrogen) atoms. The summed E-state index contributed by atoms with van der Waals surface area (Å²) in [5.74, 6) is -5.60. The fourth-order valence-corrected chi connectivity index (χ4v) is 18.6. The molecule has 3 saturated heterocycles. The number of phenols is 1. The molecule has 3 atom stereocenters. The van der Waals surface area contributed by atoms with Crippen molar-refractivity contribution >= 4 is 156 Å². The van der Waals surface area contributed by atoms with E-state index >= 15 is 0 Å². The highest BCUT2D eigenvalue weighted by Crippen LogP contribution is 2.65. The lowest BCUT2D eigenvalue weighted by Gasteiger charge is -2.31. The summed E-state index contributed by atoms with van der Waals surface area (Å²) in [5, 5.41) is 64.0. The number of carboxylic acid groups (broad SMARTS) is 4. The number of benzene rings is 3. The Labute approximate surface area is 684 Å². The second-order valence-corrected chi connectivity index (χ2v) is 34.0. The van der Waals surface area contributed by atoms with Crippen LogP contribution in [0.5, 0.6) is 5.75 Å². The SMILES string of the molecule is CC[C@@]1(O)C(=O)OCc2c1cc1n(c2=O)Cc2cc3c(CN(C)C)c(O)ccc3nc2-1.CN(Cc1cnc2nc(N)nc(N)c2n1)c1ccc(C(=O)N[C@@H](CCC(=O)O)C(=O)O)cc1.Cc1nc2ccc(CN(C)c3ccc(C(=O)N[C@@H](CCC(=O)O)C(=O)O)s3)cc2c(=O)[nH]1.Nc1nc(=S)c2[nH]cnc2[nH]1.S=P(N1CC1)(N1CC1)N1CC1. The van der Waals surface area contributed by atoms with Crippen LogP contribution in [-0.4, -0.2) is 230 Å². The predicted octanol–water partition coefficient (Wildman–Crippen LogP) is 4.85. The van der Waals surface area contributed by atoms with E-state index < -0.39 is 65.8 Å². The molecule has 11 aromatic rings. The third-order valence-corrected chi connectivity index (χ3v) is 26.4. The van der Waals surface area contributed by atoms with E-state index in [1.165, 1.54) is 69.1 Å². The van der Waals surface area contributed by atoms with Crippen molar-refractivity contribution in [1.29, 1.82) is 0 Å². The number of aliphatic hydroxyl groups is 1. The minimum atomic E-state index is -1.84. The molecule has 39 nitrogen and oxygen atoms in total. The van der Waals surface area contributed by atoms with E-state index in [0.717, 1.165) is 32.8 Å². The number of esters is 1. The lowest BCUT2D eigenvalue weighted by Crippen LogP contribution is -2.44. The number of carbonyl (C=O) groups is 7. The van der Waals surface area contributed by atoms with Crippen molar-refractivity contribution in [1.82, 2.24) is 88.9 Å². The van der Waals surface area contributed by atoms with Gasteiger partial charge in [0.15, 0.2) is 32.9 Å². The molecule has 17 N–H and O–H groups in total. The highest BCUT2D eigenvalue weighted by atomic mass is 32.4. The molecule has 3 fully saturated rings. The van der Waals surface area contributed by atoms with Crippen LogP contribution in [-0.2, 0) is 78.9 Å². The van der Waals surface area contributed by atoms with Gasteiger partial charge >= 0.3 is 29.8 Å². The van der Waals surface area contributed by atoms with Crippen molar-refractivity contribution in [3.8, 4) is 17.1 Å². The van der Waals surface area contributed by atoms with Gasteiger partial charge < -0.3 is 97.4 Å². The number of aromatic hydroxyl groups is 1. The first-order chi connectivity index (χ1) is 56.1. The standard InChI is InChI=1S/C23H23N3O5.C21H22N4O6S.C20H22N8O5.C6H12N3PS.C5H5N5S/c1-4-23(30)16-8-18-20-12(9-26(18)21(28)15(16)11-31-22(23)29)7-13-14(10-25(2)3)19(27)6-5-17(13)24-20;1-11-22-14-4-3-12(9-13(14)19(28)23-11)10-25(2)17-7-6-16(32-17)20(29)24-15(21(30)31)5-8-18(26)27;1-28(9-11-8-23-17-15(24-11)16(21)26-20(22)27-17)12-4-2-10(3-5-12)18(31)25-13(19(32)33)6-7-14(29)30;11-10(7-1-2-7,8-3-4-8)9-5-6-9;6-5-9-3-2(4(11)10-5)7-1-8-3/h5-8,27,30H,4,9-11H2,1-3H3;3-4,6-7,9,15H,5,8,10H2,1-2H3,(H,24,29)(H,26,27)(H,30,31)(H,22,23,28);2-5,8,13H,6-7,9H2,1H3,(H,25,31)(H,29,30)(H,32,33)(H4,21,22,23,26,27);1-6H2;1H,(H4,6,7,8,9,10,11)/t23-;15-;13-;;/m000../s1. The van der Waals surface area contributed by atoms with E-state index in [-0.39, 0.29) is 78.9 Å². The molecule has 43 heteroatoms. The minimum absolute atomic E-state index is 0.0138. The zero-order valence-corrected chi connectivity index (χ0v) is 67.9. The fraction of sp³-hybridized carbons (Fsp3) is 0.333. The fourth-order valence-electron chi connectivity index (χ4n) is 13.1. The first kappa shape index (κ1) is 85.0. The number of pyridine rings is 2. The molecule has 13 heterocycles. The molecule has 2 amide bonds. The number of H-pyrrole nitrogens is 3. The second kappa shape index (κ2) is 35.6. The molecule has 5 aliphatic rings. The van der Waals surface area contributed by atoms with E-state index in [1.807, 2.05) is 55.0 Å². The monoisotopic (exact) mass is 1690 g/mol. The van der Waals surface area contributed by atoms with Gasteiger partial charge in [0.05, 0.1) is 74.6 Å². The second-order valence-electron chi connectivity index (χ2n) is 28.4. The van der Waals surface area contributed by atoms with Crippen LogP contribution >= 0.6 is 30.0 Å². The van der Waals surface area contributed by atoms with Crippen LogP contribution in [0.3, 0.4) is 0 Å². The van der Waals surface area contributed by atoms with E-state index in [9.17, 15) is 63.6 Å². The first-order valence-electron chi connectivity index (χ1n) is 36.8. The number of nitrogens with zero attached hydrogens (tertiary/aromatic N) is 15. The zero-order chi connectivity index (χ0) is 84.9. The number of carboxylic acids is 4. The summed E-state index contributed by atoms with van der Waals surface area (Å²) >= 11 is 11.8. The maximum atomic E-state index is 13.2. The number of nitrogen functional groups attached to an aromatic ring is 3. The Morgan fingerprint density at radius 2 is 1.36 bits per heavy atom. The Kier molecular flexibility index (Phi) is 25.6. The van der Waals surface area contributed by atoms with Crippen LogP contribution in [0.4, 0.5) is 28.4 Å². The molecule has 0 saturated carbocycles. The number of thiophene rings is 1. The van der Waals surface area contributed by atoms with Crippen molar-refractivity contribution in [3.05, 3.63) is 167 Å². The average Bonchev–Trinajstić information content (AvgIpc) is 1.51. The van der Waals surface area contributed by atoms with Gasteiger partial charge in [-0.1, -0.05) is 25.2 Å². The van der Waals surface area contributed by atoms with Gasteiger partial charge in [-0.3, -0.25) is 28.8 Å². The van der Waals surface area contributed by atoms with E-state index in [2.05, 4.69) is 74.5 Å². The largest absolute Gasteiger partial charge is 0.508 e. The quantitative estimate of drug-likeness (QED) is 0.0166. The topological polar surface area (TPSA) is 561 Å². The molecule has 0 radical (unpaired) electrons. The minimum Gasteiger partial charge on any atom is -0.508 e. The van der Waals surface area contributed by atoms with Gasteiger partial charge in [-0.15, -0.1) is 11.3 Å². The maximum absolute atomic E-state index is 13.2. The molecule has 8 aromatic heterocycles. The molecule has 0 spiro atoms. The average molecular weight is 1690 g/mol. The van der Waals surface area contributed by atoms with Crippen molar-refractivity contribution in [2.45, 2.75) is 96.4 Å². The number of phenolic OH excluding ortho intramolecular Hbond substituents is 1. The molecule has 0 unspecified atom stereocenters.